The first kappa shape index (κ1) is 13.8. The summed E-state index contributed by atoms with van der Waals surface area (Å²) in [5.41, 5.74) is -0.00634. The second-order valence-corrected chi connectivity index (χ2v) is 5.74. The SMILES string of the molecule is OCC1(CCOc2ccc(Br)cc2)CCOCC1. The summed E-state index contributed by atoms with van der Waals surface area (Å²) in [6.45, 7) is 2.36. The Balaban J connectivity index is 1.81. The highest BCUT2D eigenvalue weighted by Gasteiger charge is 2.31. The molecule has 1 heterocycles. The topological polar surface area (TPSA) is 38.7 Å². The van der Waals surface area contributed by atoms with Crippen molar-refractivity contribution in [2.75, 3.05) is 26.4 Å². The highest BCUT2D eigenvalue weighted by atomic mass is 79.9. The van der Waals surface area contributed by atoms with Crippen molar-refractivity contribution in [3.05, 3.63) is 28.7 Å². The van der Waals surface area contributed by atoms with Crippen LogP contribution in [0.5, 0.6) is 5.75 Å². The second-order valence-electron chi connectivity index (χ2n) is 4.82. The van der Waals surface area contributed by atoms with Crippen LogP contribution in [-0.4, -0.2) is 31.5 Å². The van der Waals surface area contributed by atoms with Crippen molar-refractivity contribution in [2.24, 2.45) is 5.41 Å². The van der Waals surface area contributed by atoms with E-state index in [2.05, 4.69) is 15.9 Å². The molecule has 3 nitrogen and oxygen atoms in total. The molecule has 1 saturated heterocycles. The smallest absolute Gasteiger partial charge is 0.119 e. The second kappa shape index (κ2) is 6.55. The van der Waals surface area contributed by atoms with Gasteiger partial charge in [0.1, 0.15) is 5.75 Å². The van der Waals surface area contributed by atoms with E-state index in [-0.39, 0.29) is 12.0 Å². The van der Waals surface area contributed by atoms with Crippen LogP contribution < -0.4 is 4.74 Å². The van der Waals surface area contributed by atoms with E-state index in [0.717, 1.165) is 42.7 Å². The van der Waals surface area contributed by atoms with Crippen LogP contribution >= 0.6 is 15.9 Å². The maximum Gasteiger partial charge on any atom is 0.119 e. The van der Waals surface area contributed by atoms with E-state index in [1.54, 1.807) is 0 Å². The summed E-state index contributed by atoms with van der Waals surface area (Å²) < 4.78 is 12.1. The fourth-order valence-corrected chi connectivity index (χ4v) is 2.47. The average Bonchev–Trinajstić information content (AvgIpc) is 2.42. The van der Waals surface area contributed by atoms with Crippen molar-refractivity contribution in [3.63, 3.8) is 0 Å². The highest BCUT2D eigenvalue weighted by Crippen LogP contribution is 2.33. The van der Waals surface area contributed by atoms with Gasteiger partial charge in [-0.1, -0.05) is 15.9 Å². The predicted molar refractivity (Wildman–Crippen MR) is 73.8 cm³/mol. The molecular weight excluding hydrogens is 296 g/mol. The molecule has 0 saturated carbocycles. The van der Waals surface area contributed by atoms with Gasteiger partial charge < -0.3 is 14.6 Å². The lowest BCUT2D eigenvalue weighted by atomic mass is 9.78. The standard InChI is InChI=1S/C14H19BrO3/c15-12-1-3-13(4-2-12)18-10-7-14(11-16)5-8-17-9-6-14/h1-4,16H,5-11H2. The molecule has 1 aromatic carbocycles. The Morgan fingerprint density at radius 3 is 2.50 bits per heavy atom. The minimum absolute atomic E-state index is 0.00634. The number of halogens is 1. The van der Waals surface area contributed by atoms with E-state index < -0.39 is 0 Å². The third kappa shape index (κ3) is 3.70. The third-order valence-corrected chi connectivity index (χ3v) is 4.13. The maximum absolute atomic E-state index is 9.56. The molecule has 1 aliphatic rings. The highest BCUT2D eigenvalue weighted by molar-refractivity contribution is 9.10. The van der Waals surface area contributed by atoms with Gasteiger partial charge in [0, 0.05) is 29.7 Å². The Morgan fingerprint density at radius 2 is 1.89 bits per heavy atom. The number of aliphatic hydroxyl groups is 1. The van der Waals surface area contributed by atoms with Gasteiger partial charge in [-0.3, -0.25) is 0 Å². The van der Waals surface area contributed by atoms with Gasteiger partial charge in [-0.2, -0.15) is 0 Å². The fourth-order valence-electron chi connectivity index (χ4n) is 2.21. The minimum atomic E-state index is -0.00634. The summed E-state index contributed by atoms with van der Waals surface area (Å²) in [4.78, 5) is 0. The molecule has 1 aliphatic heterocycles. The van der Waals surface area contributed by atoms with Crippen LogP contribution in [0.15, 0.2) is 28.7 Å². The number of aliphatic hydroxyl groups excluding tert-OH is 1. The zero-order chi connectivity index (χ0) is 12.8. The predicted octanol–water partition coefficient (Wildman–Crippen LogP) is 3.01. The Hall–Kier alpha value is -0.580. The van der Waals surface area contributed by atoms with E-state index in [9.17, 15) is 5.11 Å². The van der Waals surface area contributed by atoms with Gasteiger partial charge in [0.15, 0.2) is 0 Å². The quantitative estimate of drug-likeness (QED) is 0.908. The first-order valence-corrected chi connectivity index (χ1v) is 7.10. The molecule has 1 aromatic rings. The maximum atomic E-state index is 9.56. The van der Waals surface area contributed by atoms with Crippen LogP contribution in [0.25, 0.3) is 0 Å². The molecule has 0 atom stereocenters. The molecule has 2 rings (SSSR count). The normalized spacial score (nSPS) is 18.6. The van der Waals surface area contributed by atoms with E-state index in [0.29, 0.717) is 6.61 Å². The monoisotopic (exact) mass is 314 g/mol. The lowest BCUT2D eigenvalue weighted by molar-refractivity contribution is -0.0263. The van der Waals surface area contributed by atoms with E-state index in [4.69, 9.17) is 9.47 Å². The number of rotatable bonds is 5. The van der Waals surface area contributed by atoms with Crippen molar-refractivity contribution in [2.45, 2.75) is 19.3 Å². The summed E-state index contributed by atoms with van der Waals surface area (Å²) in [5, 5.41) is 9.56. The molecular formula is C14H19BrO3. The Morgan fingerprint density at radius 1 is 1.22 bits per heavy atom. The Bertz CT molecular complexity index is 358. The lowest BCUT2D eigenvalue weighted by Crippen LogP contribution is -2.34. The summed E-state index contributed by atoms with van der Waals surface area (Å²) in [7, 11) is 0. The molecule has 1 fully saturated rings. The van der Waals surface area contributed by atoms with Crippen LogP contribution in [0.2, 0.25) is 0 Å². The molecule has 0 aromatic heterocycles. The van der Waals surface area contributed by atoms with Gasteiger partial charge in [-0.05, 0) is 43.5 Å². The molecule has 0 unspecified atom stereocenters. The van der Waals surface area contributed by atoms with Crippen molar-refractivity contribution < 1.29 is 14.6 Å². The van der Waals surface area contributed by atoms with Crippen LogP contribution in [0.1, 0.15) is 19.3 Å². The Labute approximate surface area is 116 Å². The summed E-state index contributed by atoms with van der Waals surface area (Å²) in [6, 6.07) is 7.82. The van der Waals surface area contributed by atoms with Crippen LogP contribution in [0.3, 0.4) is 0 Å². The van der Waals surface area contributed by atoms with Crippen molar-refractivity contribution in [1.82, 2.24) is 0 Å². The minimum Gasteiger partial charge on any atom is -0.494 e. The van der Waals surface area contributed by atoms with Gasteiger partial charge in [-0.15, -0.1) is 0 Å². The molecule has 18 heavy (non-hydrogen) atoms. The van der Waals surface area contributed by atoms with E-state index in [1.165, 1.54) is 0 Å². The average molecular weight is 315 g/mol. The summed E-state index contributed by atoms with van der Waals surface area (Å²) in [5.74, 6) is 0.873. The molecule has 0 radical (unpaired) electrons. The van der Waals surface area contributed by atoms with Gasteiger partial charge in [0.25, 0.3) is 0 Å². The largest absolute Gasteiger partial charge is 0.494 e. The first-order chi connectivity index (χ1) is 8.74. The molecule has 4 heteroatoms. The van der Waals surface area contributed by atoms with Crippen LogP contribution in [0, 0.1) is 5.41 Å². The molecule has 100 valence electrons. The van der Waals surface area contributed by atoms with Gasteiger partial charge in [0.2, 0.25) is 0 Å². The molecule has 0 spiro atoms. The third-order valence-electron chi connectivity index (χ3n) is 3.60. The van der Waals surface area contributed by atoms with Crippen molar-refractivity contribution >= 4 is 15.9 Å². The number of ether oxygens (including phenoxy) is 2. The summed E-state index contributed by atoms with van der Waals surface area (Å²) in [6.07, 6.45) is 2.73. The van der Waals surface area contributed by atoms with Crippen LogP contribution in [0.4, 0.5) is 0 Å². The van der Waals surface area contributed by atoms with Gasteiger partial charge in [-0.25, -0.2) is 0 Å². The number of hydrogen-bond donors (Lipinski definition) is 1. The molecule has 0 bridgehead atoms. The molecule has 0 aliphatic carbocycles. The fraction of sp³-hybridized carbons (Fsp3) is 0.571. The zero-order valence-corrected chi connectivity index (χ0v) is 12.0. The molecule has 0 amide bonds. The zero-order valence-electron chi connectivity index (χ0n) is 10.4. The van der Waals surface area contributed by atoms with E-state index in [1.807, 2.05) is 24.3 Å². The number of benzene rings is 1. The Kier molecular flexibility index (Phi) is 5.03. The van der Waals surface area contributed by atoms with Crippen molar-refractivity contribution in [3.8, 4) is 5.75 Å². The van der Waals surface area contributed by atoms with E-state index >= 15 is 0 Å². The number of hydrogen-bond acceptors (Lipinski definition) is 3. The van der Waals surface area contributed by atoms with Gasteiger partial charge >= 0.3 is 0 Å². The van der Waals surface area contributed by atoms with Crippen molar-refractivity contribution in [1.29, 1.82) is 0 Å². The lowest BCUT2D eigenvalue weighted by Gasteiger charge is -2.35. The first-order valence-electron chi connectivity index (χ1n) is 6.31. The molecule has 1 N–H and O–H groups in total. The van der Waals surface area contributed by atoms with Crippen LogP contribution in [-0.2, 0) is 4.74 Å². The summed E-state index contributed by atoms with van der Waals surface area (Å²) >= 11 is 3.39. The van der Waals surface area contributed by atoms with Gasteiger partial charge in [0.05, 0.1) is 6.61 Å².